The monoisotopic (exact) mass is 488 g/mol. The maximum Gasteiger partial charge on any atom is 0.416 e. The summed E-state index contributed by atoms with van der Waals surface area (Å²) in [5.41, 5.74) is 2.87. The fourth-order valence-electron chi connectivity index (χ4n) is 4.34. The van der Waals surface area contributed by atoms with Gasteiger partial charge < -0.3 is 15.8 Å². The van der Waals surface area contributed by atoms with E-state index in [4.69, 9.17) is 10.5 Å². The lowest BCUT2D eigenvalue weighted by atomic mass is 9.59. The van der Waals surface area contributed by atoms with Crippen molar-refractivity contribution in [2.45, 2.75) is 43.6 Å². The first-order valence-corrected chi connectivity index (χ1v) is 10.8. The fourth-order valence-corrected chi connectivity index (χ4v) is 4.34. The van der Waals surface area contributed by atoms with Crippen LogP contribution in [0.25, 0.3) is 0 Å². The Labute approximate surface area is 193 Å². The summed E-state index contributed by atoms with van der Waals surface area (Å²) in [5.74, 6) is -0.118. The molecule has 1 aliphatic carbocycles. The summed E-state index contributed by atoms with van der Waals surface area (Å²) in [4.78, 5) is 11.4. The van der Waals surface area contributed by atoms with E-state index in [0.717, 1.165) is 5.56 Å². The number of hydrogen-bond acceptors (Lipinski definition) is 3. The van der Waals surface area contributed by atoms with Gasteiger partial charge in [0.1, 0.15) is 0 Å². The highest BCUT2D eigenvalue weighted by Crippen LogP contribution is 2.48. The predicted octanol–water partition coefficient (Wildman–Crippen LogP) is 5.22. The SMILES string of the molecule is C[C@@H](OCC1(c2ccccc2)CC(CNC(=O)CN)C1)c1cc(C(F)(F)F)cc(C(F)(F)F)c1. The lowest BCUT2D eigenvalue weighted by molar-refractivity contribution is -0.143. The Kier molecular flexibility index (Phi) is 7.62. The first kappa shape index (κ1) is 26.0. The number of carbonyl (C=O) groups is 1. The van der Waals surface area contributed by atoms with Gasteiger partial charge in [-0.25, -0.2) is 0 Å². The summed E-state index contributed by atoms with van der Waals surface area (Å²) < 4.78 is 85.1. The molecule has 186 valence electrons. The smallest absolute Gasteiger partial charge is 0.373 e. The Balaban J connectivity index is 1.78. The highest BCUT2D eigenvalue weighted by Gasteiger charge is 2.46. The van der Waals surface area contributed by atoms with Crippen molar-refractivity contribution in [3.8, 4) is 0 Å². The van der Waals surface area contributed by atoms with E-state index in [1.54, 1.807) is 0 Å². The van der Waals surface area contributed by atoms with Crippen LogP contribution >= 0.6 is 0 Å². The molecule has 3 N–H and O–H groups in total. The molecule has 0 heterocycles. The van der Waals surface area contributed by atoms with Gasteiger partial charge in [0.05, 0.1) is 30.4 Å². The molecule has 1 aliphatic rings. The molecule has 4 nitrogen and oxygen atoms in total. The van der Waals surface area contributed by atoms with Crippen LogP contribution in [0.5, 0.6) is 0 Å². The van der Waals surface area contributed by atoms with Gasteiger partial charge in [-0.1, -0.05) is 30.3 Å². The first-order chi connectivity index (χ1) is 15.8. The average molecular weight is 488 g/mol. The molecule has 2 aromatic rings. The molecular weight excluding hydrogens is 462 g/mol. The van der Waals surface area contributed by atoms with E-state index in [-0.39, 0.29) is 36.6 Å². The molecule has 1 amide bonds. The van der Waals surface area contributed by atoms with E-state index in [9.17, 15) is 31.1 Å². The second-order valence-corrected chi connectivity index (χ2v) is 8.72. The molecule has 0 aromatic heterocycles. The van der Waals surface area contributed by atoms with Gasteiger partial charge in [-0.05, 0) is 55.0 Å². The van der Waals surface area contributed by atoms with E-state index < -0.39 is 35.0 Å². The molecule has 2 aromatic carbocycles. The van der Waals surface area contributed by atoms with Gasteiger partial charge >= 0.3 is 12.4 Å². The standard InChI is InChI=1S/C24H26F6N2O2/c1-15(17-7-19(23(25,26)27)9-20(8-17)24(28,29)30)34-14-22(18-5-3-2-4-6-18)10-16(11-22)13-32-21(33)12-31/h2-9,15-16H,10-14,31H2,1H3,(H,32,33)/t15-,16?,22?/m1/s1. The predicted molar refractivity (Wildman–Crippen MR) is 114 cm³/mol. The van der Waals surface area contributed by atoms with Crippen molar-refractivity contribution in [1.82, 2.24) is 5.32 Å². The zero-order chi connectivity index (χ0) is 25.1. The van der Waals surface area contributed by atoms with Gasteiger partial charge in [-0.15, -0.1) is 0 Å². The maximum atomic E-state index is 13.2. The van der Waals surface area contributed by atoms with Crippen LogP contribution in [-0.4, -0.2) is 25.6 Å². The summed E-state index contributed by atoms with van der Waals surface area (Å²) in [6.45, 7) is 1.86. The summed E-state index contributed by atoms with van der Waals surface area (Å²) in [7, 11) is 0. The molecule has 34 heavy (non-hydrogen) atoms. The highest BCUT2D eigenvalue weighted by atomic mass is 19.4. The van der Waals surface area contributed by atoms with Crippen LogP contribution < -0.4 is 11.1 Å². The second-order valence-electron chi connectivity index (χ2n) is 8.72. The molecule has 10 heteroatoms. The average Bonchev–Trinajstić information content (AvgIpc) is 2.76. The van der Waals surface area contributed by atoms with Gasteiger partial charge in [-0.3, -0.25) is 4.79 Å². The highest BCUT2D eigenvalue weighted by molar-refractivity contribution is 5.77. The van der Waals surface area contributed by atoms with Crippen molar-refractivity contribution in [2.24, 2.45) is 11.7 Å². The minimum absolute atomic E-state index is 0.105. The van der Waals surface area contributed by atoms with Crippen molar-refractivity contribution >= 4 is 5.91 Å². The van der Waals surface area contributed by atoms with Crippen LogP contribution in [0.4, 0.5) is 26.3 Å². The molecule has 1 saturated carbocycles. The van der Waals surface area contributed by atoms with Crippen LogP contribution in [0.2, 0.25) is 0 Å². The van der Waals surface area contributed by atoms with Crippen molar-refractivity contribution in [3.63, 3.8) is 0 Å². The van der Waals surface area contributed by atoms with E-state index in [0.29, 0.717) is 31.5 Å². The van der Waals surface area contributed by atoms with E-state index in [2.05, 4.69) is 5.32 Å². The Morgan fingerprint density at radius 3 is 2.12 bits per heavy atom. The second kappa shape index (κ2) is 9.95. The third-order valence-corrected chi connectivity index (χ3v) is 6.21. The van der Waals surface area contributed by atoms with E-state index in [1.807, 2.05) is 30.3 Å². The number of nitrogens with one attached hydrogen (secondary N) is 1. The van der Waals surface area contributed by atoms with Crippen molar-refractivity contribution in [2.75, 3.05) is 19.7 Å². The van der Waals surface area contributed by atoms with Crippen LogP contribution in [0, 0.1) is 5.92 Å². The number of rotatable bonds is 8. The molecule has 0 bridgehead atoms. The number of carbonyl (C=O) groups excluding carboxylic acids is 1. The Bertz CT molecular complexity index is 953. The lowest BCUT2D eigenvalue weighted by Gasteiger charge is -2.48. The minimum atomic E-state index is -4.92. The van der Waals surface area contributed by atoms with Gasteiger partial charge in [-0.2, -0.15) is 26.3 Å². The summed E-state index contributed by atoms with van der Waals surface area (Å²) in [6.07, 6.45) is -9.55. The summed E-state index contributed by atoms with van der Waals surface area (Å²) >= 11 is 0. The van der Waals surface area contributed by atoms with E-state index >= 15 is 0 Å². The summed E-state index contributed by atoms with van der Waals surface area (Å²) in [5, 5.41) is 2.74. The Morgan fingerprint density at radius 1 is 1.06 bits per heavy atom. The van der Waals surface area contributed by atoms with Crippen LogP contribution in [0.1, 0.15) is 48.1 Å². The molecule has 1 atom stereocenters. The van der Waals surface area contributed by atoms with Gasteiger partial charge in [0, 0.05) is 12.0 Å². The molecule has 1 fully saturated rings. The van der Waals surface area contributed by atoms with Crippen LogP contribution in [-0.2, 0) is 27.3 Å². The largest absolute Gasteiger partial charge is 0.416 e. The molecule has 0 unspecified atom stereocenters. The maximum absolute atomic E-state index is 13.2. The lowest BCUT2D eigenvalue weighted by Crippen LogP contribution is -2.49. The van der Waals surface area contributed by atoms with Crippen LogP contribution in [0.3, 0.4) is 0 Å². The van der Waals surface area contributed by atoms with Crippen LogP contribution in [0.15, 0.2) is 48.5 Å². The number of alkyl halides is 6. The van der Waals surface area contributed by atoms with Gasteiger partial charge in [0.2, 0.25) is 5.91 Å². The van der Waals surface area contributed by atoms with Crippen molar-refractivity contribution < 1.29 is 35.9 Å². The normalized spacial score (nSPS) is 21.6. The van der Waals surface area contributed by atoms with Crippen molar-refractivity contribution in [1.29, 1.82) is 0 Å². The first-order valence-electron chi connectivity index (χ1n) is 10.8. The molecular formula is C24H26F6N2O2. The van der Waals surface area contributed by atoms with Gasteiger partial charge in [0.15, 0.2) is 0 Å². The topological polar surface area (TPSA) is 64.3 Å². The third-order valence-electron chi connectivity index (χ3n) is 6.21. The minimum Gasteiger partial charge on any atom is -0.373 e. The number of hydrogen-bond donors (Lipinski definition) is 2. The van der Waals surface area contributed by atoms with E-state index in [1.165, 1.54) is 6.92 Å². The number of benzene rings is 2. The molecule has 0 spiro atoms. The number of amides is 1. The summed E-state index contributed by atoms with van der Waals surface area (Å²) in [6, 6.07) is 10.9. The Morgan fingerprint density at radius 2 is 1.62 bits per heavy atom. The quantitative estimate of drug-likeness (QED) is 0.501. The number of ether oxygens (including phenoxy) is 1. The molecule has 3 rings (SSSR count). The molecule has 0 aliphatic heterocycles. The third kappa shape index (κ3) is 6.09. The zero-order valence-electron chi connectivity index (χ0n) is 18.5. The molecule has 0 saturated heterocycles. The fraction of sp³-hybridized carbons (Fsp3) is 0.458. The van der Waals surface area contributed by atoms with Crippen molar-refractivity contribution in [3.05, 3.63) is 70.8 Å². The zero-order valence-corrected chi connectivity index (χ0v) is 18.5. The Hall–Kier alpha value is -2.59. The number of nitrogens with two attached hydrogens (primary N) is 1. The number of halogens is 6. The molecule has 0 radical (unpaired) electrons. The van der Waals surface area contributed by atoms with Gasteiger partial charge in [0.25, 0.3) is 0 Å².